The van der Waals surface area contributed by atoms with E-state index in [0.29, 0.717) is 39.2 Å². The molecule has 32 heavy (non-hydrogen) atoms. The molecule has 0 aromatic carbocycles. The smallest absolute Gasteiger partial charge is 0.239 e. The fourth-order valence-electron chi connectivity index (χ4n) is 6.34. The number of hydrazine groups is 1. The zero-order valence-electron chi connectivity index (χ0n) is 18.9. The Balaban J connectivity index is 1.23. The Morgan fingerprint density at radius 2 is 1.97 bits per heavy atom. The molecule has 5 rings (SSSR count). The van der Waals surface area contributed by atoms with Crippen LogP contribution < -0.4 is 10.7 Å². The van der Waals surface area contributed by atoms with Crippen molar-refractivity contribution in [3.8, 4) is 0 Å². The molecular formula is C22H35F2N5O3. The molecule has 180 valence electrons. The van der Waals surface area contributed by atoms with Crippen molar-refractivity contribution in [2.45, 2.75) is 68.1 Å². The molecule has 2 amide bonds. The molecule has 7 atom stereocenters. The fourth-order valence-corrected chi connectivity index (χ4v) is 6.34. The van der Waals surface area contributed by atoms with E-state index in [1.807, 2.05) is 16.8 Å². The maximum Gasteiger partial charge on any atom is 0.239 e. The quantitative estimate of drug-likeness (QED) is 0.612. The minimum Gasteiger partial charge on any atom is -0.382 e. The second kappa shape index (κ2) is 8.45. The lowest BCUT2D eigenvalue weighted by atomic mass is 9.82. The van der Waals surface area contributed by atoms with E-state index in [9.17, 15) is 18.4 Å². The first-order chi connectivity index (χ1) is 15.3. The van der Waals surface area contributed by atoms with Gasteiger partial charge in [0.15, 0.2) is 0 Å². The predicted molar refractivity (Wildman–Crippen MR) is 113 cm³/mol. The number of methoxy groups -OCH3 is 1. The van der Waals surface area contributed by atoms with Crippen molar-refractivity contribution >= 4 is 11.8 Å². The van der Waals surface area contributed by atoms with Crippen molar-refractivity contribution < 1.29 is 23.1 Å². The van der Waals surface area contributed by atoms with Crippen LogP contribution in [0, 0.1) is 11.8 Å². The number of carbonyl (C=O) groups is 2. The highest BCUT2D eigenvalue weighted by Gasteiger charge is 2.53. The Hall–Kier alpha value is -1.36. The summed E-state index contributed by atoms with van der Waals surface area (Å²) in [5.74, 6) is -0.477. The summed E-state index contributed by atoms with van der Waals surface area (Å²) in [5.41, 5.74) is 3.15. The molecule has 5 fully saturated rings. The molecule has 10 heteroatoms. The maximum atomic E-state index is 14.3. The lowest BCUT2D eigenvalue weighted by molar-refractivity contribution is -0.142. The molecule has 0 aromatic rings. The predicted octanol–water partition coefficient (Wildman–Crippen LogP) is 0.0877. The fraction of sp³-hybridized carbons (Fsp3) is 0.909. The highest BCUT2D eigenvalue weighted by atomic mass is 19.1. The van der Waals surface area contributed by atoms with E-state index in [4.69, 9.17) is 4.74 Å². The monoisotopic (exact) mass is 455 g/mol. The van der Waals surface area contributed by atoms with Gasteiger partial charge in [-0.05, 0) is 25.7 Å². The number of amides is 2. The van der Waals surface area contributed by atoms with Crippen LogP contribution in [0.3, 0.4) is 0 Å². The number of hydrogen-bond donors (Lipinski definition) is 2. The first-order valence-electron chi connectivity index (χ1n) is 11.9. The van der Waals surface area contributed by atoms with Gasteiger partial charge >= 0.3 is 0 Å². The van der Waals surface area contributed by atoms with Gasteiger partial charge in [-0.15, -0.1) is 0 Å². The number of carbonyl (C=O) groups excluding carboxylic acids is 2. The van der Waals surface area contributed by atoms with Gasteiger partial charge in [-0.1, -0.05) is 0 Å². The van der Waals surface area contributed by atoms with E-state index >= 15 is 0 Å². The molecule has 0 radical (unpaired) electrons. The summed E-state index contributed by atoms with van der Waals surface area (Å²) in [6.45, 7) is 2.77. The molecule has 3 heterocycles. The summed E-state index contributed by atoms with van der Waals surface area (Å²) in [6.07, 6.45) is 0.215. The van der Waals surface area contributed by atoms with E-state index in [1.54, 1.807) is 7.11 Å². The average molecular weight is 456 g/mol. The second-order valence-electron chi connectivity index (χ2n) is 10.4. The van der Waals surface area contributed by atoms with Crippen LogP contribution in [0.25, 0.3) is 0 Å². The molecule has 0 bridgehead atoms. The number of halogens is 2. The molecule has 2 N–H and O–H groups in total. The number of ether oxygens (including phenoxy) is 1. The van der Waals surface area contributed by atoms with Crippen LogP contribution in [0.4, 0.5) is 8.78 Å². The van der Waals surface area contributed by atoms with Crippen LogP contribution >= 0.6 is 0 Å². The van der Waals surface area contributed by atoms with Crippen molar-refractivity contribution in [3.05, 3.63) is 0 Å². The van der Waals surface area contributed by atoms with Crippen LogP contribution in [0.2, 0.25) is 0 Å². The number of nitrogens with one attached hydrogen (secondary N) is 2. The number of likely N-dealkylation sites (N-methyl/N-ethyl adjacent to an activating group) is 1. The average Bonchev–Trinajstić information content (AvgIpc) is 3.23. The SMILES string of the molecule is COCC1(N(C)C(=O)C2CNN3CCN(C(=O)C4CC5C(F)CC(F)CC5N4)CC23)CC1. The first-order valence-corrected chi connectivity index (χ1v) is 11.9. The molecule has 8 nitrogen and oxygen atoms in total. The van der Waals surface area contributed by atoms with Crippen LogP contribution in [0.1, 0.15) is 32.1 Å². The van der Waals surface area contributed by atoms with Crippen LogP contribution in [0.5, 0.6) is 0 Å². The number of alkyl halides is 2. The molecular weight excluding hydrogens is 420 g/mol. The number of rotatable bonds is 5. The Morgan fingerprint density at radius 3 is 2.69 bits per heavy atom. The number of nitrogens with zero attached hydrogens (tertiary/aromatic N) is 3. The van der Waals surface area contributed by atoms with E-state index in [-0.39, 0.29) is 54.1 Å². The number of hydrogen-bond acceptors (Lipinski definition) is 6. The minimum absolute atomic E-state index is 0.0499. The summed E-state index contributed by atoms with van der Waals surface area (Å²) >= 11 is 0. The molecule has 0 aromatic heterocycles. The summed E-state index contributed by atoms with van der Waals surface area (Å²) in [6, 6.07) is -0.827. The van der Waals surface area contributed by atoms with Gasteiger partial charge in [0.25, 0.3) is 0 Å². The third-order valence-electron chi connectivity index (χ3n) is 8.50. The maximum absolute atomic E-state index is 14.3. The molecule has 7 unspecified atom stereocenters. The zero-order chi connectivity index (χ0) is 22.6. The van der Waals surface area contributed by atoms with Gasteiger partial charge in [-0.3, -0.25) is 15.0 Å². The summed E-state index contributed by atoms with van der Waals surface area (Å²) in [4.78, 5) is 30.3. The summed E-state index contributed by atoms with van der Waals surface area (Å²) in [5, 5.41) is 5.30. The normalized spacial score (nSPS) is 40.6. The van der Waals surface area contributed by atoms with Gasteiger partial charge in [-0.25, -0.2) is 13.8 Å². The lowest BCUT2D eigenvalue weighted by Crippen LogP contribution is -2.60. The third kappa shape index (κ3) is 3.82. The van der Waals surface area contributed by atoms with Gasteiger partial charge in [0.1, 0.15) is 12.3 Å². The van der Waals surface area contributed by atoms with Gasteiger partial charge in [0.2, 0.25) is 11.8 Å². The van der Waals surface area contributed by atoms with Crippen molar-refractivity contribution in [1.82, 2.24) is 25.6 Å². The van der Waals surface area contributed by atoms with E-state index in [1.165, 1.54) is 0 Å². The van der Waals surface area contributed by atoms with Crippen molar-refractivity contribution in [2.75, 3.05) is 46.9 Å². The van der Waals surface area contributed by atoms with Crippen LogP contribution in [-0.4, -0.2) is 110 Å². The highest BCUT2D eigenvalue weighted by Crippen LogP contribution is 2.42. The third-order valence-corrected chi connectivity index (χ3v) is 8.50. The van der Waals surface area contributed by atoms with E-state index in [0.717, 1.165) is 12.8 Å². The van der Waals surface area contributed by atoms with Crippen LogP contribution in [0.15, 0.2) is 0 Å². The second-order valence-corrected chi connectivity index (χ2v) is 10.4. The minimum atomic E-state index is -1.19. The van der Waals surface area contributed by atoms with Crippen molar-refractivity contribution in [2.24, 2.45) is 11.8 Å². The summed E-state index contributed by atoms with van der Waals surface area (Å²) in [7, 11) is 3.52. The molecule has 0 spiro atoms. The van der Waals surface area contributed by atoms with E-state index in [2.05, 4.69) is 15.8 Å². The van der Waals surface area contributed by atoms with Gasteiger partial charge in [0, 0.05) is 58.7 Å². The van der Waals surface area contributed by atoms with E-state index < -0.39 is 18.4 Å². The largest absolute Gasteiger partial charge is 0.382 e. The number of piperazine rings is 1. The number of fused-ring (bicyclic) bond motifs is 2. The topological polar surface area (TPSA) is 77.2 Å². The zero-order valence-corrected chi connectivity index (χ0v) is 18.9. The van der Waals surface area contributed by atoms with Crippen LogP contribution in [-0.2, 0) is 14.3 Å². The van der Waals surface area contributed by atoms with Gasteiger partial charge < -0.3 is 19.9 Å². The Kier molecular flexibility index (Phi) is 5.92. The Labute approximate surface area is 187 Å². The molecule has 2 aliphatic carbocycles. The van der Waals surface area contributed by atoms with Gasteiger partial charge in [-0.2, -0.15) is 0 Å². The first kappa shape index (κ1) is 22.4. The highest BCUT2D eigenvalue weighted by molar-refractivity contribution is 5.84. The standard InChI is InChI=1S/C22H35F2N5O3/c1-27(22(3-4-22)12-32-2)20(30)15-10-25-29-6-5-28(11-19(15)29)21(31)18-9-14-16(24)7-13(23)8-17(14)26-18/h13-19,25-26H,3-12H2,1-2H3. The Bertz CT molecular complexity index is 753. The van der Waals surface area contributed by atoms with Crippen molar-refractivity contribution in [1.29, 1.82) is 0 Å². The molecule has 5 aliphatic rings. The van der Waals surface area contributed by atoms with Gasteiger partial charge in [0.05, 0.1) is 30.1 Å². The van der Waals surface area contributed by atoms with Crippen molar-refractivity contribution in [3.63, 3.8) is 0 Å². The Morgan fingerprint density at radius 1 is 1.19 bits per heavy atom. The molecule has 3 saturated heterocycles. The molecule has 2 saturated carbocycles. The summed E-state index contributed by atoms with van der Waals surface area (Å²) < 4.78 is 33.5. The lowest BCUT2D eigenvalue weighted by Gasteiger charge is -2.40. The molecule has 3 aliphatic heterocycles.